The summed E-state index contributed by atoms with van der Waals surface area (Å²) in [5, 5.41) is 0. The van der Waals surface area contributed by atoms with E-state index in [0.717, 1.165) is 12.8 Å². The molecule has 2 radical (unpaired) electrons. The highest BCUT2D eigenvalue weighted by atomic mass is 13.7. The molecule has 8 heavy (non-hydrogen) atoms. The lowest BCUT2D eigenvalue weighted by Gasteiger charge is -1.71. The van der Waals surface area contributed by atoms with E-state index in [1.807, 2.05) is 0 Å². The van der Waals surface area contributed by atoms with Crippen molar-refractivity contribution in [3.8, 4) is 23.7 Å². The van der Waals surface area contributed by atoms with Gasteiger partial charge in [0.2, 0.25) is 0 Å². The fraction of sp³-hybridized carbons (Fsp3) is 0.250. The van der Waals surface area contributed by atoms with Crippen molar-refractivity contribution in [2.75, 3.05) is 0 Å². The third kappa shape index (κ3) is 5.12. The molecule has 0 rings (SSSR count). The molecular weight excluding hydrogens is 96.1 g/mol. The van der Waals surface area contributed by atoms with Crippen molar-refractivity contribution in [2.24, 2.45) is 0 Å². The van der Waals surface area contributed by atoms with Crippen LogP contribution in [0.4, 0.5) is 0 Å². The predicted octanol–water partition coefficient (Wildman–Crippen LogP) is 1.44. The lowest BCUT2D eigenvalue weighted by atomic mass is 10.3. The van der Waals surface area contributed by atoms with E-state index >= 15 is 0 Å². The van der Waals surface area contributed by atoms with Gasteiger partial charge in [0.05, 0.1) is 0 Å². The van der Waals surface area contributed by atoms with Gasteiger partial charge >= 0.3 is 0 Å². The molecule has 0 bridgehead atoms. The molecule has 0 aromatic carbocycles. The van der Waals surface area contributed by atoms with Gasteiger partial charge in [0, 0.05) is 13.3 Å². The molecule has 0 saturated heterocycles. The van der Waals surface area contributed by atoms with Crippen LogP contribution >= 0.6 is 0 Å². The van der Waals surface area contributed by atoms with Gasteiger partial charge in [-0.25, -0.2) is 0 Å². The van der Waals surface area contributed by atoms with Crippen LogP contribution in [-0.2, 0) is 0 Å². The smallest absolute Gasteiger partial charge is 0.0209 e. The average Bonchev–Trinajstić information content (AvgIpc) is 1.81. The standard InChI is InChI=1S/C8H8/c1-3-5-7-8-6-4-2/h1-3,5H2. The van der Waals surface area contributed by atoms with E-state index in [0.29, 0.717) is 0 Å². The second-order valence-electron chi connectivity index (χ2n) is 1.21. The second kappa shape index (κ2) is 6.12. The van der Waals surface area contributed by atoms with Crippen molar-refractivity contribution in [1.82, 2.24) is 0 Å². The lowest BCUT2D eigenvalue weighted by Crippen LogP contribution is -1.59. The minimum atomic E-state index is 0.828. The summed E-state index contributed by atoms with van der Waals surface area (Å²) in [4.78, 5) is 0. The van der Waals surface area contributed by atoms with Gasteiger partial charge in [0.15, 0.2) is 0 Å². The zero-order chi connectivity index (χ0) is 6.24. The molecule has 0 amide bonds. The van der Waals surface area contributed by atoms with E-state index in [9.17, 15) is 0 Å². The van der Waals surface area contributed by atoms with Crippen LogP contribution < -0.4 is 0 Å². The molecule has 0 nitrogen and oxygen atoms in total. The summed E-state index contributed by atoms with van der Waals surface area (Å²) in [5.41, 5.74) is 0. The molecule has 0 aromatic heterocycles. The van der Waals surface area contributed by atoms with E-state index in [4.69, 9.17) is 0 Å². The van der Waals surface area contributed by atoms with Crippen LogP contribution in [0.5, 0.6) is 0 Å². The molecule has 0 saturated carbocycles. The molecule has 0 atom stereocenters. The summed E-state index contributed by atoms with van der Waals surface area (Å²) >= 11 is 0. The summed E-state index contributed by atoms with van der Waals surface area (Å²) in [7, 11) is 0. The molecule has 40 valence electrons. The fourth-order valence-electron chi connectivity index (χ4n) is 0.239. The van der Waals surface area contributed by atoms with Gasteiger partial charge in [-0.3, -0.25) is 0 Å². The Labute approximate surface area is 51.3 Å². The minimum Gasteiger partial charge on any atom is -0.0891 e. The molecule has 0 spiro atoms. The molecular formula is C8H8. The maximum atomic E-state index is 3.62. The van der Waals surface area contributed by atoms with Gasteiger partial charge < -0.3 is 0 Å². The quantitative estimate of drug-likeness (QED) is 0.441. The van der Waals surface area contributed by atoms with Crippen molar-refractivity contribution in [3.63, 3.8) is 0 Å². The van der Waals surface area contributed by atoms with Crippen molar-refractivity contribution >= 4 is 0 Å². The van der Waals surface area contributed by atoms with Crippen molar-refractivity contribution < 1.29 is 0 Å². The Hall–Kier alpha value is -0.880. The van der Waals surface area contributed by atoms with Crippen LogP contribution in [0.25, 0.3) is 0 Å². The van der Waals surface area contributed by atoms with E-state index in [-0.39, 0.29) is 0 Å². The first-order valence-electron chi connectivity index (χ1n) is 2.46. The first kappa shape index (κ1) is 7.12. The highest BCUT2D eigenvalue weighted by molar-refractivity contribution is 5.26. The van der Waals surface area contributed by atoms with E-state index in [1.165, 1.54) is 0 Å². The number of unbranched alkanes of at least 4 members (excludes halogenated alkanes) is 1. The van der Waals surface area contributed by atoms with Gasteiger partial charge in [-0.1, -0.05) is 18.8 Å². The fourth-order valence-corrected chi connectivity index (χ4v) is 0.239. The second-order valence-corrected chi connectivity index (χ2v) is 1.21. The molecule has 0 heteroatoms. The Morgan fingerprint density at radius 2 is 2.00 bits per heavy atom. The summed E-state index contributed by atoms with van der Waals surface area (Å²) in [6, 6.07) is 0. The average molecular weight is 104 g/mol. The van der Waals surface area contributed by atoms with Crippen molar-refractivity contribution in [1.29, 1.82) is 0 Å². The molecule has 0 fully saturated rings. The maximum Gasteiger partial charge on any atom is 0.0209 e. The minimum absolute atomic E-state index is 0.828. The van der Waals surface area contributed by atoms with E-state index in [1.54, 1.807) is 0 Å². The third-order valence-electron chi connectivity index (χ3n) is 0.541. The first-order chi connectivity index (χ1) is 3.91. The SMILES string of the molecule is [CH2]C#CC#CCC[CH2]. The van der Waals surface area contributed by atoms with Crippen LogP contribution in [0.3, 0.4) is 0 Å². The van der Waals surface area contributed by atoms with Gasteiger partial charge in [-0.15, -0.1) is 0 Å². The van der Waals surface area contributed by atoms with Crippen LogP contribution in [0, 0.1) is 37.5 Å². The van der Waals surface area contributed by atoms with Gasteiger partial charge in [-0.2, -0.15) is 0 Å². The Kier molecular flexibility index (Phi) is 5.45. The molecule has 0 aliphatic carbocycles. The largest absolute Gasteiger partial charge is 0.0891 e. The third-order valence-corrected chi connectivity index (χ3v) is 0.541. The number of hydrogen-bond donors (Lipinski definition) is 0. The summed E-state index contributed by atoms with van der Waals surface area (Å²) < 4.78 is 0. The molecule has 0 unspecified atom stereocenters. The normalized spacial score (nSPS) is 5.75. The zero-order valence-electron chi connectivity index (χ0n) is 4.83. The first-order valence-corrected chi connectivity index (χ1v) is 2.46. The molecule has 0 aliphatic heterocycles. The van der Waals surface area contributed by atoms with Gasteiger partial charge in [0.1, 0.15) is 0 Å². The molecule has 0 aliphatic rings. The van der Waals surface area contributed by atoms with Crippen molar-refractivity contribution in [3.05, 3.63) is 13.8 Å². The molecule has 0 heterocycles. The van der Waals surface area contributed by atoms with Gasteiger partial charge in [0.25, 0.3) is 0 Å². The summed E-state index contributed by atoms with van der Waals surface area (Å²) in [6.45, 7) is 6.92. The van der Waals surface area contributed by atoms with E-state index < -0.39 is 0 Å². The van der Waals surface area contributed by atoms with E-state index in [2.05, 4.69) is 37.5 Å². The Bertz CT molecular complexity index is 144. The van der Waals surface area contributed by atoms with Crippen molar-refractivity contribution in [2.45, 2.75) is 12.8 Å². The monoisotopic (exact) mass is 104 g/mol. The number of rotatable bonds is 1. The maximum absolute atomic E-state index is 3.62. The highest BCUT2D eigenvalue weighted by Crippen LogP contribution is 1.78. The Morgan fingerprint density at radius 1 is 1.25 bits per heavy atom. The predicted molar refractivity (Wildman–Crippen MR) is 35.5 cm³/mol. The Morgan fingerprint density at radius 3 is 2.50 bits per heavy atom. The Balaban J connectivity index is 3.31. The topological polar surface area (TPSA) is 0 Å². The van der Waals surface area contributed by atoms with Crippen LogP contribution in [0.1, 0.15) is 12.8 Å². The molecule has 0 N–H and O–H groups in total. The number of hydrogen-bond acceptors (Lipinski definition) is 0. The summed E-state index contributed by atoms with van der Waals surface area (Å²) in [5.74, 6) is 10.4. The highest BCUT2D eigenvalue weighted by Gasteiger charge is 1.65. The van der Waals surface area contributed by atoms with Crippen LogP contribution in [0.2, 0.25) is 0 Å². The van der Waals surface area contributed by atoms with Crippen LogP contribution in [-0.4, -0.2) is 0 Å². The summed E-state index contributed by atoms with van der Waals surface area (Å²) in [6.07, 6.45) is 1.68. The lowest BCUT2D eigenvalue weighted by molar-refractivity contribution is 1.08. The molecule has 0 aromatic rings. The van der Waals surface area contributed by atoms with Gasteiger partial charge in [-0.05, 0) is 18.3 Å². The van der Waals surface area contributed by atoms with Crippen LogP contribution in [0.15, 0.2) is 0 Å². The zero-order valence-corrected chi connectivity index (χ0v) is 4.83.